The van der Waals surface area contributed by atoms with Gasteiger partial charge < -0.3 is 9.64 Å². The average molecular weight is 229 g/mol. The first-order valence-corrected chi connectivity index (χ1v) is 6.79. The molecule has 1 saturated heterocycles. The van der Waals surface area contributed by atoms with Gasteiger partial charge in [0.2, 0.25) is 0 Å². The Morgan fingerprint density at radius 1 is 1.33 bits per heavy atom. The number of piperidine rings is 1. The van der Waals surface area contributed by atoms with Gasteiger partial charge in [-0.1, -0.05) is 12.5 Å². The van der Waals surface area contributed by atoms with E-state index in [9.17, 15) is 0 Å². The van der Waals surface area contributed by atoms with Gasteiger partial charge in [0, 0.05) is 18.9 Å². The molecule has 1 atom stereocenters. The highest BCUT2D eigenvalue weighted by atomic mass is 32.2. The maximum atomic E-state index is 5.26. The molecule has 0 bridgehead atoms. The Hall–Kier alpha value is 0.01000. The normalized spacial score (nSPS) is 20.9. The molecular weight excluding hydrogens is 206 g/mol. The van der Waals surface area contributed by atoms with Crippen LogP contribution in [0.2, 0.25) is 0 Å². The molecule has 3 heteroatoms. The van der Waals surface area contributed by atoms with Crippen molar-refractivity contribution in [3.63, 3.8) is 0 Å². The van der Waals surface area contributed by atoms with Crippen LogP contribution in [0.25, 0.3) is 0 Å². The average Bonchev–Trinajstić information content (AvgIpc) is 2.28. The van der Waals surface area contributed by atoms with Crippen molar-refractivity contribution >= 4 is 11.8 Å². The molecular formula is C12H23NOS. The maximum Gasteiger partial charge on any atom is 0.0596 e. The topological polar surface area (TPSA) is 12.5 Å². The lowest BCUT2D eigenvalue weighted by atomic mass is 10.1. The van der Waals surface area contributed by atoms with Crippen LogP contribution in [-0.4, -0.2) is 43.5 Å². The second kappa shape index (κ2) is 8.20. The second-order valence-electron chi connectivity index (χ2n) is 4.04. The van der Waals surface area contributed by atoms with E-state index < -0.39 is 0 Å². The lowest BCUT2D eigenvalue weighted by Crippen LogP contribution is -2.36. The van der Waals surface area contributed by atoms with Gasteiger partial charge in [-0.05, 0) is 38.3 Å². The van der Waals surface area contributed by atoms with E-state index in [-0.39, 0.29) is 0 Å². The van der Waals surface area contributed by atoms with Crippen LogP contribution in [0.15, 0.2) is 11.5 Å². The fourth-order valence-corrected chi connectivity index (χ4v) is 2.83. The first kappa shape index (κ1) is 13.1. The fourth-order valence-electron chi connectivity index (χ4n) is 1.94. The first-order valence-electron chi connectivity index (χ1n) is 5.84. The third-order valence-corrected chi connectivity index (χ3v) is 3.77. The predicted octanol–water partition coefficient (Wildman–Crippen LogP) is 2.75. The van der Waals surface area contributed by atoms with Crippen LogP contribution in [0, 0.1) is 0 Å². The molecule has 0 amide bonds. The van der Waals surface area contributed by atoms with E-state index in [4.69, 9.17) is 4.74 Å². The predicted molar refractivity (Wildman–Crippen MR) is 68.4 cm³/mol. The maximum absolute atomic E-state index is 5.26. The number of hydrogen-bond donors (Lipinski definition) is 0. The summed E-state index contributed by atoms with van der Waals surface area (Å²) in [6, 6.07) is 0. The number of ether oxygens (including phenoxy) is 1. The van der Waals surface area contributed by atoms with Gasteiger partial charge >= 0.3 is 0 Å². The number of rotatable bonds is 6. The largest absolute Gasteiger partial charge is 0.383 e. The third-order valence-electron chi connectivity index (χ3n) is 2.67. The van der Waals surface area contributed by atoms with Gasteiger partial charge in [0.25, 0.3) is 0 Å². The monoisotopic (exact) mass is 229 g/mol. The van der Waals surface area contributed by atoms with E-state index in [1.54, 1.807) is 7.11 Å². The number of hydrogen-bond acceptors (Lipinski definition) is 3. The highest BCUT2D eigenvalue weighted by Crippen LogP contribution is 2.17. The summed E-state index contributed by atoms with van der Waals surface area (Å²) in [5.74, 6) is 0. The minimum absolute atomic E-state index is 0.587. The van der Waals surface area contributed by atoms with Crippen molar-refractivity contribution in [2.24, 2.45) is 0 Å². The zero-order valence-electron chi connectivity index (χ0n) is 9.95. The highest BCUT2D eigenvalue weighted by molar-refractivity contribution is 8.02. The van der Waals surface area contributed by atoms with Crippen molar-refractivity contribution in [2.75, 3.05) is 33.4 Å². The molecule has 1 rings (SSSR count). The molecule has 0 spiro atoms. The fraction of sp³-hybridized carbons (Fsp3) is 0.833. The minimum Gasteiger partial charge on any atom is -0.383 e. The Morgan fingerprint density at radius 3 is 2.67 bits per heavy atom. The number of nitrogens with zero attached hydrogens (tertiary/aromatic N) is 1. The molecule has 0 aliphatic carbocycles. The molecule has 1 aliphatic heterocycles. The van der Waals surface area contributed by atoms with Gasteiger partial charge in [-0.15, -0.1) is 11.8 Å². The lowest BCUT2D eigenvalue weighted by molar-refractivity contribution is 0.167. The summed E-state index contributed by atoms with van der Waals surface area (Å²) < 4.78 is 5.26. The minimum atomic E-state index is 0.587. The second-order valence-corrected chi connectivity index (χ2v) is 5.26. The summed E-state index contributed by atoms with van der Waals surface area (Å²) in [7, 11) is 1.79. The van der Waals surface area contributed by atoms with Crippen molar-refractivity contribution in [1.82, 2.24) is 4.90 Å². The van der Waals surface area contributed by atoms with Crippen LogP contribution in [0.4, 0.5) is 0 Å². The molecule has 0 aromatic heterocycles. The molecule has 2 nitrogen and oxygen atoms in total. The van der Waals surface area contributed by atoms with E-state index in [2.05, 4.69) is 23.3 Å². The summed E-state index contributed by atoms with van der Waals surface area (Å²) in [5, 5.41) is 2.76. The van der Waals surface area contributed by atoms with E-state index in [0.29, 0.717) is 5.25 Å². The molecule has 1 fully saturated rings. The quantitative estimate of drug-likeness (QED) is 0.695. The molecule has 0 radical (unpaired) electrons. The summed E-state index contributed by atoms with van der Waals surface area (Å²) in [5.41, 5.74) is 0. The van der Waals surface area contributed by atoms with Gasteiger partial charge in [0.05, 0.1) is 6.61 Å². The van der Waals surface area contributed by atoms with E-state index in [0.717, 1.165) is 6.61 Å². The van der Waals surface area contributed by atoms with Gasteiger partial charge in [-0.3, -0.25) is 0 Å². The Kier molecular flexibility index (Phi) is 7.14. The molecule has 0 N–H and O–H groups in total. The van der Waals surface area contributed by atoms with Gasteiger partial charge in [-0.2, -0.15) is 0 Å². The van der Waals surface area contributed by atoms with Crippen molar-refractivity contribution in [2.45, 2.75) is 31.4 Å². The third kappa shape index (κ3) is 5.59. The molecule has 0 saturated carbocycles. The van der Waals surface area contributed by atoms with Crippen LogP contribution in [0.5, 0.6) is 0 Å². The zero-order valence-corrected chi connectivity index (χ0v) is 10.8. The summed E-state index contributed by atoms with van der Waals surface area (Å²) in [6.45, 7) is 6.64. The lowest BCUT2D eigenvalue weighted by Gasteiger charge is -2.29. The van der Waals surface area contributed by atoms with Crippen molar-refractivity contribution in [1.29, 1.82) is 0 Å². The van der Waals surface area contributed by atoms with Gasteiger partial charge in [0.15, 0.2) is 0 Å². The van der Waals surface area contributed by atoms with Crippen molar-refractivity contribution in [3.8, 4) is 0 Å². The summed E-state index contributed by atoms with van der Waals surface area (Å²) in [6.07, 6.45) is 6.25. The molecule has 1 heterocycles. The van der Waals surface area contributed by atoms with Crippen LogP contribution < -0.4 is 0 Å². The smallest absolute Gasteiger partial charge is 0.0596 e. The Labute approximate surface area is 98.1 Å². The molecule has 0 aromatic carbocycles. The van der Waals surface area contributed by atoms with Crippen LogP contribution in [-0.2, 0) is 4.74 Å². The molecule has 0 aromatic rings. The van der Waals surface area contributed by atoms with Crippen LogP contribution >= 0.6 is 11.8 Å². The molecule has 15 heavy (non-hydrogen) atoms. The summed E-state index contributed by atoms with van der Waals surface area (Å²) >= 11 is 1.89. The standard InChI is InChI=1S/C12H23NOS/c1-3-9-15-12(11-14-2)10-13-7-5-4-6-8-13/h3,9,12H,4-8,10-11H2,1-2H3/b9-3-. The number of methoxy groups -OCH3 is 1. The molecule has 1 aliphatic rings. The number of likely N-dealkylation sites (tertiary alicyclic amines) is 1. The van der Waals surface area contributed by atoms with Crippen molar-refractivity contribution < 1.29 is 4.74 Å². The van der Waals surface area contributed by atoms with Crippen LogP contribution in [0.1, 0.15) is 26.2 Å². The SMILES string of the molecule is C/C=C\SC(COC)CN1CCCCC1. The van der Waals surface area contributed by atoms with Gasteiger partial charge in [-0.25, -0.2) is 0 Å². The highest BCUT2D eigenvalue weighted by Gasteiger charge is 2.15. The number of thioether (sulfide) groups is 1. The van der Waals surface area contributed by atoms with Crippen molar-refractivity contribution in [3.05, 3.63) is 11.5 Å². The molecule has 88 valence electrons. The Bertz CT molecular complexity index is 178. The van der Waals surface area contributed by atoms with E-state index in [1.807, 2.05) is 11.8 Å². The van der Waals surface area contributed by atoms with Gasteiger partial charge in [0.1, 0.15) is 0 Å². The Balaban J connectivity index is 2.27. The summed E-state index contributed by atoms with van der Waals surface area (Å²) in [4.78, 5) is 2.57. The first-order chi connectivity index (χ1) is 7.36. The number of allylic oxidation sites excluding steroid dienone is 1. The van der Waals surface area contributed by atoms with E-state index in [1.165, 1.54) is 38.9 Å². The van der Waals surface area contributed by atoms with Crippen LogP contribution in [0.3, 0.4) is 0 Å². The Morgan fingerprint density at radius 2 is 2.07 bits per heavy atom. The van der Waals surface area contributed by atoms with E-state index >= 15 is 0 Å². The zero-order chi connectivity index (χ0) is 10.9. The molecule has 1 unspecified atom stereocenters.